The molecule has 0 aliphatic carbocycles. The van der Waals surface area contributed by atoms with E-state index in [1.807, 2.05) is 0 Å². The summed E-state index contributed by atoms with van der Waals surface area (Å²) in [6, 6.07) is 85.1. The molecule has 0 spiro atoms. The van der Waals surface area contributed by atoms with Gasteiger partial charge in [0.05, 0.1) is 33.1 Å². The normalized spacial score (nSPS) is 12.2. The Morgan fingerprint density at radius 1 is 0.329 bits per heavy atom. The second-order valence-corrected chi connectivity index (χ2v) is 21.0. The molecule has 6 nitrogen and oxygen atoms in total. The van der Waals surface area contributed by atoms with E-state index in [0.29, 0.717) is 17.5 Å². The van der Waals surface area contributed by atoms with Crippen molar-refractivity contribution in [2.45, 2.75) is 0 Å². The van der Waals surface area contributed by atoms with Crippen molar-refractivity contribution >= 4 is 129 Å². The van der Waals surface area contributed by atoms with Crippen LogP contribution in [0.1, 0.15) is 0 Å². The molecule has 0 unspecified atom stereocenters. The van der Waals surface area contributed by atoms with Crippen LogP contribution in [0.5, 0.6) is 0 Å². The first-order valence-corrected chi connectivity index (χ1v) is 26.5. The molecule has 0 radical (unpaired) electrons. The average Bonchev–Trinajstić information content (AvgIpc) is 4.36. The second kappa shape index (κ2) is 15.8. The van der Waals surface area contributed by atoms with Gasteiger partial charge in [-0.05, 0) is 100 Å². The molecular formula is C69H39N5OS. The minimum atomic E-state index is 0.549. The van der Waals surface area contributed by atoms with Crippen LogP contribution >= 0.6 is 11.3 Å². The molecule has 352 valence electrons. The van der Waals surface area contributed by atoms with Gasteiger partial charge in [-0.15, -0.1) is 11.3 Å². The van der Waals surface area contributed by atoms with E-state index in [9.17, 15) is 0 Å². The lowest BCUT2D eigenvalue weighted by Gasteiger charge is -2.14. The molecule has 5 aromatic heterocycles. The van der Waals surface area contributed by atoms with E-state index in [1.165, 1.54) is 52.5 Å². The van der Waals surface area contributed by atoms with E-state index >= 15 is 0 Å². The molecule has 0 saturated heterocycles. The van der Waals surface area contributed by atoms with Gasteiger partial charge in [0.25, 0.3) is 0 Å². The van der Waals surface area contributed by atoms with Gasteiger partial charge in [0.2, 0.25) is 0 Å². The Balaban J connectivity index is 0.976. The van der Waals surface area contributed by atoms with E-state index in [-0.39, 0.29) is 0 Å². The summed E-state index contributed by atoms with van der Waals surface area (Å²) >= 11 is 1.79. The number of hydrogen-bond donors (Lipinski definition) is 0. The minimum Gasteiger partial charge on any atom is -0.455 e. The lowest BCUT2D eigenvalue weighted by atomic mass is 10.0. The van der Waals surface area contributed by atoms with E-state index in [0.717, 1.165) is 93.6 Å². The number of thiophene rings is 1. The number of aromatic nitrogens is 5. The standard InChI is InChI=1S/C69H39N5OS/c1-2-18-47(19-3-1)73-57-24-12-10-22-50(57)55-35-44(29-33-58(55)73)67-70-68(45-28-30-52-51-23-11-13-25-62(51)76-63(52)39-45)72-69(71-67)46-37-60(64-54-32-27-41-15-7-9-21-49(41)66(54)75-61(64)38-46)74-59-36-43-17-5-4-16-42(43)34-56(59)53-31-26-40-14-6-8-20-48(40)65(53)74/h1-39H. The molecule has 0 N–H and O–H groups in total. The summed E-state index contributed by atoms with van der Waals surface area (Å²) in [6.45, 7) is 0. The molecule has 12 aromatic carbocycles. The Hall–Kier alpha value is -9.95. The van der Waals surface area contributed by atoms with E-state index in [1.54, 1.807) is 11.3 Å². The third kappa shape index (κ3) is 6.06. The number of rotatable bonds is 5. The lowest BCUT2D eigenvalue weighted by Crippen LogP contribution is -2.02. The van der Waals surface area contributed by atoms with Crippen molar-refractivity contribution in [3.05, 3.63) is 237 Å². The predicted molar refractivity (Wildman–Crippen MR) is 317 cm³/mol. The fourth-order valence-electron chi connectivity index (χ4n) is 12.2. The zero-order valence-corrected chi connectivity index (χ0v) is 41.4. The molecule has 0 fully saturated rings. The molecule has 0 bridgehead atoms. The van der Waals surface area contributed by atoms with Crippen molar-refractivity contribution in [1.29, 1.82) is 0 Å². The zero-order chi connectivity index (χ0) is 49.6. The van der Waals surface area contributed by atoms with Crippen LogP contribution in [0.2, 0.25) is 0 Å². The summed E-state index contributed by atoms with van der Waals surface area (Å²) in [7, 11) is 0. The van der Waals surface area contributed by atoms with Crippen molar-refractivity contribution in [1.82, 2.24) is 24.1 Å². The minimum absolute atomic E-state index is 0.549. The van der Waals surface area contributed by atoms with Gasteiger partial charge in [0.15, 0.2) is 17.5 Å². The Morgan fingerprint density at radius 3 is 1.72 bits per heavy atom. The fraction of sp³-hybridized carbons (Fsp3) is 0. The molecule has 7 heteroatoms. The Kier molecular flexibility index (Phi) is 8.62. The highest BCUT2D eigenvalue weighted by molar-refractivity contribution is 7.25. The first kappa shape index (κ1) is 41.5. The van der Waals surface area contributed by atoms with Gasteiger partial charge in [-0.1, -0.05) is 158 Å². The van der Waals surface area contributed by atoms with Crippen LogP contribution in [0.15, 0.2) is 241 Å². The van der Waals surface area contributed by atoms with E-state index in [2.05, 4.69) is 246 Å². The zero-order valence-electron chi connectivity index (χ0n) is 40.6. The highest BCUT2D eigenvalue weighted by atomic mass is 32.1. The van der Waals surface area contributed by atoms with Crippen molar-refractivity contribution in [3.8, 4) is 45.5 Å². The molecule has 0 atom stereocenters. The number of furan rings is 1. The molecular weight excluding hydrogens is 947 g/mol. The summed E-state index contributed by atoms with van der Waals surface area (Å²) in [4.78, 5) is 16.4. The highest BCUT2D eigenvalue weighted by Gasteiger charge is 2.25. The lowest BCUT2D eigenvalue weighted by molar-refractivity contribution is 0.672. The molecule has 0 aliphatic heterocycles. The van der Waals surface area contributed by atoms with Crippen molar-refractivity contribution in [2.75, 3.05) is 0 Å². The summed E-state index contributed by atoms with van der Waals surface area (Å²) in [5.74, 6) is 1.73. The predicted octanol–water partition coefficient (Wildman–Crippen LogP) is 18.8. The number of nitrogens with zero attached hydrogens (tertiary/aromatic N) is 5. The van der Waals surface area contributed by atoms with Crippen molar-refractivity contribution < 1.29 is 4.42 Å². The average molecular weight is 986 g/mol. The highest BCUT2D eigenvalue weighted by Crippen LogP contribution is 2.46. The van der Waals surface area contributed by atoms with Crippen LogP contribution in [0.4, 0.5) is 0 Å². The topological polar surface area (TPSA) is 61.7 Å². The van der Waals surface area contributed by atoms with Gasteiger partial charge in [0, 0.05) is 80.3 Å². The molecule has 76 heavy (non-hydrogen) atoms. The SMILES string of the molecule is c1ccc(-n2c3ccccc3c3cc(-c4nc(-c5cc(-n6c7cc8ccccc8cc7c7ccc8ccccc8c76)c6c(c5)oc5c7ccccc7ccc56)nc(-c5ccc6c(c5)sc5ccccc56)n4)ccc32)cc1. The fourth-order valence-corrected chi connectivity index (χ4v) is 13.4. The third-order valence-corrected chi connectivity index (χ3v) is 16.8. The first-order chi connectivity index (χ1) is 37.6. The van der Waals surface area contributed by atoms with Gasteiger partial charge in [0.1, 0.15) is 11.2 Å². The van der Waals surface area contributed by atoms with Crippen molar-refractivity contribution in [3.63, 3.8) is 0 Å². The van der Waals surface area contributed by atoms with Crippen molar-refractivity contribution in [2.24, 2.45) is 0 Å². The summed E-state index contributed by atoms with van der Waals surface area (Å²) in [5, 5.41) is 16.1. The van der Waals surface area contributed by atoms with Gasteiger partial charge in [-0.3, -0.25) is 0 Å². The smallest absolute Gasteiger partial charge is 0.164 e. The Morgan fingerprint density at radius 2 is 0.908 bits per heavy atom. The van der Waals surface area contributed by atoms with E-state index < -0.39 is 0 Å². The quantitative estimate of drug-likeness (QED) is 0.172. The van der Waals surface area contributed by atoms with Gasteiger partial charge >= 0.3 is 0 Å². The Bertz CT molecular complexity index is 5310. The van der Waals surface area contributed by atoms with Crippen LogP contribution in [0.25, 0.3) is 164 Å². The third-order valence-electron chi connectivity index (χ3n) is 15.7. The van der Waals surface area contributed by atoms with Crippen LogP contribution in [0, 0.1) is 0 Å². The molecule has 0 amide bonds. The molecule has 17 rings (SSSR count). The number of fused-ring (bicyclic) bond motifs is 17. The second-order valence-electron chi connectivity index (χ2n) is 19.9. The maximum Gasteiger partial charge on any atom is 0.164 e. The van der Waals surface area contributed by atoms with Gasteiger partial charge < -0.3 is 13.6 Å². The van der Waals surface area contributed by atoms with E-state index in [4.69, 9.17) is 19.4 Å². The number of hydrogen-bond acceptors (Lipinski definition) is 5. The van der Waals surface area contributed by atoms with Gasteiger partial charge in [-0.25, -0.2) is 15.0 Å². The summed E-state index contributed by atoms with van der Waals surface area (Å²) in [6.07, 6.45) is 0. The number of para-hydroxylation sites is 2. The number of benzene rings is 12. The summed E-state index contributed by atoms with van der Waals surface area (Å²) in [5.41, 5.74) is 10.8. The maximum absolute atomic E-state index is 7.20. The van der Waals surface area contributed by atoms with Crippen LogP contribution in [-0.2, 0) is 0 Å². The molecule has 17 aromatic rings. The molecule has 0 aliphatic rings. The largest absolute Gasteiger partial charge is 0.455 e. The monoisotopic (exact) mass is 985 g/mol. The van der Waals surface area contributed by atoms with Crippen LogP contribution < -0.4 is 0 Å². The van der Waals surface area contributed by atoms with Crippen LogP contribution in [-0.4, -0.2) is 24.1 Å². The molecule has 0 saturated carbocycles. The molecule has 5 heterocycles. The van der Waals surface area contributed by atoms with Gasteiger partial charge in [-0.2, -0.15) is 0 Å². The van der Waals surface area contributed by atoms with Crippen LogP contribution in [0.3, 0.4) is 0 Å². The Labute approximate surface area is 437 Å². The summed E-state index contributed by atoms with van der Waals surface area (Å²) < 4.78 is 14.4. The maximum atomic E-state index is 7.20. The first-order valence-electron chi connectivity index (χ1n) is 25.7.